The third-order valence-corrected chi connectivity index (χ3v) is 1.40. The summed E-state index contributed by atoms with van der Waals surface area (Å²) in [6.45, 7) is 4.64. The molecule has 0 atom stereocenters. The zero-order valence-electron chi connectivity index (χ0n) is 7.46. The summed E-state index contributed by atoms with van der Waals surface area (Å²) in [5.74, 6) is -0.182. The molecule has 0 aromatic heterocycles. The molecule has 0 bridgehead atoms. The molecule has 0 aliphatic carbocycles. The highest BCUT2D eigenvalue weighted by Gasteiger charge is 2.10. The summed E-state index contributed by atoms with van der Waals surface area (Å²) < 4.78 is 0. The van der Waals surface area contributed by atoms with Crippen molar-refractivity contribution in [3.63, 3.8) is 0 Å². The van der Waals surface area contributed by atoms with Gasteiger partial charge < -0.3 is 16.0 Å². The van der Waals surface area contributed by atoms with Crippen molar-refractivity contribution in [3.8, 4) is 0 Å². The molecular formula is C7H15N3O2. The summed E-state index contributed by atoms with van der Waals surface area (Å²) in [4.78, 5) is 22.9. The van der Waals surface area contributed by atoms with Crippen LogP contribution in [0.15, 0.2) is 0 Å². The SMILES string of the molecule is CCNC(=O)CN(CC)C(N)=O. The van der Waals surface area contributed by atoms with Gasteiger partial charge in [0.2, 0.25) is 5.91 Å². The maximum absolute atomic E-state index is 11.0. The number of amides is 3. The van der Waals surface area contributed by atoms with E-state index in [0.29, 0.717) is 13.1 Å². The molecule has 12 heavy (non-hydrogen) atoms. The predicted octanol–water partition coefficient (Wildman–Crippen LogP) is -0.477. The number of carbonyl (C=O) groups excluding carboxylic acids is 2. The summed E-state index contributed by atoms with van der Waals surface area (Å²) in [6.07, 6.45) is 0. The lowest BCUT2D eigenvalue weighted by atomic mass is 10.5. The molecule has 0 aliphatic heterocycles. The van der Waals surface area contributed by atoms with Crippen LogP contribution < -0.4 is 11.1 Å². The molecule has 3 amide bonds. The first kappa shape index (κ1) is 10.7. The Bertz CT molecular complexity index is 170. The molecule has 70 valence electrons. The van der Waals surface area contributed by atoms with Gasteiger partial charge in [0.15, 0.2) is 0 Å². The maximum Gasteiger partial charge on any atom is 0.315 e. The Morgan fingerprint density at radius 3 is 2.33 bits per heavy atom. The molecule has 0 rings (SSSR count). The Kier molecular flexibility index (Phi) is 4.83. The molecular weight excluding hydrogens is 158 g/mol. The van der Waals surface area contributed by atoms with Crippen molar-refractivity contribution in [2.75, 3.05) is 19.6 Å². The van der Waals surface area contributed by atoms with Gasteiger partial charge >= 0.3 is 6.03 Å². The largest absolute Gasteiger partial charge is 0.355 e. The molecule has 0 saturated carbocycles. The van der Waals surface area contributed by atoms with Gasteiger partial charge in [-0.1, -0.05) is 0 Å². The summed E-state index contributed by atoms with van der Waals surface area (Å²) in [5, 5.41) is 2.58. The van der Waals surface area contributed by atoms with Gasteiger partial charge in [-0.25, -0.2) is 4.79 Å². The molecule has 5 nitrogen and oxygen atoms in total. The highest BCUT2D eigenvalue weighted by Crippen LogP contribution is 1.85. The van der Waals surface area contributed by atoms with E-state index in [-0.39, 0.29) is 12.5 Å². The van der Waals surface area contributed by atoms with Crippen LogP contribution in [0, 0.1) is 0 Å². The Morgan fingerprint density at radius 1 is 1.42 bits per heavy atom. The number of hydrogen-bond donors (Lipinski definition) is 2. The van der Waals surface area contributed by atoms with Gasteiger partial charge in [0.05, 0.1) is 0 Å². The van der Waals surface area contributed by atoms with Gasteiger partial charge in [0.1, 0.15) is 6.54 Å². The van der Waals surface area contributed by atoms with Crippen molar-refractivity contribution in [1.29, 1.82) is 0 Å². The average molecular weight is 173 g/mol. The number of likely N-dealkylation sites (N-methyl/N-ethyl adjacent to an activating group) is 2. The van der Waals surface area contributed by atoms with Crippen LogP contribution in [0.4, 0.5) is 4.79 Å². The van der Waals surface area contributed by atoms with Crippen molar-refractivity contribution in [2.45, 2.75) is 13.8 Å². The number of nitrogens with zero attached hydrogens (tertiary/aromatic N) is 1. The summed E-state index contributed by atoms with van der Waals surface area (Å²) in [7, 11) is 0. The van der Waals surface area contributed by atoms with Crippen molar-refractivity contribution >= 4 is 11.9 Å². The lowest BCUT2D eigenvalue weighted by Crippen LogP contribution is -2.43. The first-order chi connectivity index (χ1) is 5.61. The third-order valence-electron chi connectivity index (χ3n) is 1.40. The fourth-order valence-corrected chi connectivity index (χ4v) is 0.772. The van der Waals surface area contributed by atoms with Gasteiger partial charge in [-0.2, -0.15) is 0 Å². The second-order valence-electron chi connectivity index (χ2n) is 2.31. The van der Waals surface area contributed by atoms with Crippen LogP contribution >= 0.6 is 0 Å². The summed E-state index contributed by atoms with van der Waals surface area (Å²) >= 11 is 0. The lowest BCUT2D eigenvalue weighted by Gasteiger charge is -2.16. The van der Waals surface area contributed by atoms with E-state index in [0.717, 1.165) is 0 Å². The Morgan fingerprint density at radius 2 is 2.00 bits per heavy atom. The summed E-state index contributed by atoms with van der Waals surface area (Å²) in [6, 6.07) is -0.566. The normalized spacial score (nSPS) is 9.17. The zero-order chi connectivity index (χ0) is 9.56. The smallest absolute Gasteiger partial charge is 0.315 e. The van der Waals surface area contributed by atoms with E-state index >= 15 is 0 Å². The van der Waals surface area contributed by atoms with Crippen molar-refractivity contribution < 1.29 is 9.59 Å². The number of hydrogen-bond acceptors (Lipinski definition) is 2. The van der Waals surface area contributed by atoms with Crippen LogP contribution in [-0.4, -0.2) is 36.5 Å². The van der Waals surface area contributed by atoms with Crippen LogP contribution in [0.3, 0.4) is 0 Å². The maximum atomic E-state index is 11.0. The van der Waals surface area contributed by atoms with Gasteiger partial charge in [-0.15, -0.1) is 0 Å². The van der Waals surface area contributed by atoms with E-state index < -0.39 is 6.03 Å². The molecule has 0 aromatic rings. The molecule has 3 N–H and O–H groups in total. The van der Waals surface area contributed by atoms with Gasteiger partial charge in [-0.3, -0.25) is 4.79 Å². The van der Waals surface area contributed by atoms with Gasteiger partial charge in [0, 0.05) is 13.1 Å². The molecule has 5 heteroatoms. The Hall–Kier alpha value is -1.26. The number of nitrogens with two attached hydrogens (primary N) is 1. The van der Waals surface area contributed by atoms with Crippen molar-refractivity contribution in [2.24, 2.45) is 5.73 Å². The van der Waals surface area contributed by atoms with Crippen molar-refractivity contribution in [3.05, 3.63) is 0 Å². The molecule has 0 saturated heterocycles. The minimum atomic E-state index is -0.566. The third kappa shape index (κ3) is 3.80. The predicted molar refractivity (Wildman–Crippen MR) is 45.5 cm³/mol. The van der Waals surface area contributed by atoms with E-state index in [9.17, 15) is 9.59 Å². The average Bonchev–Trinajstić information content (AvgIpc) is 2.00. The fraction of sp³-hybridized carbons (Fsp3) is 0.714. The van der Waals surface area contributed by atoms with Gasteiger partial charge in [0.25, 0.3) is 0 Å². The Balaban J connectivity index is 3.85. The molecule has 0 heterocycles. The number of nitrogens with one attached hydrogen (secondary N) is 1. The number of carbonyl (C=O) groups is 2. The van der Waals surface area contributed by atoms with E-state index in [1.54, 1.807) is 6.92 Å². The first-order valence-corrected chi connectivity index (χ1v) is 3.92. The molecule has 0 aromatic carbocycles. The molecule has 0 spiro atoms. The molecule has 0 aliphatic rings. The van der Waals surface area contributed by atoms with E-state index in [1.165, 1.54) is 4.90 Å². The zero-order valence-corrected chi connectivity index (χ0v) is 7.46. The fourth-order valence-electron chi connectivity index (χ4n) is 0.772. The topological polar surface area (TPSA) is 75.4 Å². The second kappa shape index (κ2) is 5.40. The van der Waals surface area contributed by atoms with E-state index in [4.69, 9.17) is 5.73 Å². The standard InChI is InChI=1S/C7H15N3O2/c1-3-9-6(11)5-10(4-2)7(8)12/h3-5H2,1-2H3,(H2,8,12)(H,9,11). The first-order valence-electron chi connectivity index (χ1n) is 3.92. The quantitative estimate of drug-likeness (QED) is 0.602. The minimum absolute atomic E-state index is 0.0413. The molecule has 0 unspecified atom stereocenters. The lowest BCUT2D eigenvalue weighted by molar-refractivity contribution is -0.121. The Labute approximate surface area is 71.9 Å². The van der Waals surface area contributed by atoms with Crippen LogP contribution in [0.2, 0.25) is 0 Å². The van der Waals surface area contributed by atoms with Gasteiger partial charge in [-0.05, 0) is 13.8 Å². The highest BCUT2D eigenvalue weighted by atomic mass is 16.2. The summed E-state index contributed by atoms with van der Waals surface area (Å²) in [5.41, 5.74) is 5.00. The molecule has 0 fully saturated rings. The molecule has 0 radical (unpaired) electrons. The van der Waals surface area contributed by atoms with Crippen LogP contribution in [-0.2, 0) is 4.79 Å². The number of rotatable bonds is 4. The second-order valence-corrected chi connectivity index (χ2v) is 2.31. The highest BCUT2D eigenvalue weighted by molar-refractivity contribution is 5.83. The van der Waals surface area contributed by atoms with Crippen LogP contribution in [0.5, 0.6) is 0 Å². The van der Waals surface area contributed by atoms with E-state index in [1.807, 2.05) is 6.92 Å². The van der Waals surface area contributed by atoms with E-state index in [2.05, 4.69) is 5.32 Å². The van der Waals surface area contributed by atoms with Crippen LogP contribution in [0.25, 0.3) is 0 Å². The van der Waals surface area contributed by atoms with Crippen LogP contribution in [0.1, 0.15) is 13.8 Å². The number of urea groups is 1. The number of primary amides is 1. The monoisotopic (exact) mass is 173 g/mol. The minimum Gasteiger partial charge on any atom is -0.355 e. The van der Waals surface area contributed by atoms with Crippen molar-refractivity contribution in [1.82, 2.24) is 10.2 Å².